The predicted octanol–water partition coefficient (Wildman–Crippen LogP) is 1.78. The molecule has 26 heavy (non-hydrogen) atoms. The summed E-state index contributed by atoms with van der Waals surface area (Å²) in [4.78, 5) is 17.0. The number of nitrogens with zero attached hydrogens (tertiary/aromatic N) is 2. The highest BCUT2D eigenvalue weighted by atomic mass is 16.3. The third-order valence-electron chi connectivity index (χ3n) is 5.70. The normalized spacial score (nSPS) is 21.7. The number of fused-ring (bicyclic) bond motifs is 1. The first kappa shape index (κ1) is 17.5. The van der Waals surface area contributed by atoms with Gasteiger partial charge in [-0.25, -0.2) is 0 Å². The zero-order valence-corrected chi connectivity index (χ0v) is 15.3. The van der Waals surface area contributed by atoms with E-state index in [0.717, 1.165) is 56.6 Å². The summed E-state index contributed by atoms with van der Waals surface area (Å²) in [6, 6.07) is 7.58. The lowest BCUT2D eigenvalue weighted by atomic mass is 9.85. The summed E-state index contributed by atoms with van der Waals surface area (Å²) < 4.78 is 5.83. The number of carbonyl (C=O) groups is 1. The number of furan rings is 1. The van der Waals surface area contributed by atoms with E-state index < -0.39 is 5.60 Å². The third-order valence-corrected chi connectivity index (χ3v) is 5.70. The molecule has 140 valence electrons. The quantitative estimate of drug-likeness (QED) is 0.858. The summed E-state index contributed by atoms with van der Waals surface area (Å²) in [5, 5.41) is 15.1. The Morgan fingerprint density at radius 1 is 1.15 bits per heavy atom. The molecule has 0 saturated carbocycles. The van der Waals surface area contributed by atoms with Gasteiger partial charge in [-0.05, 0) is 69.7 Å². The van der Waals surface area contributed by atoms with E-state index in [0.29, 0.717) is 24.2 Å². The van der Waals surface area contributed by atoms with E-state index in [1.165, 1.54) is 0 Å². The average molecular weight is 357 g/mol. The molecule has 6 heteroatoms. The maximum Gasteiger partial charge on any atom is 0.289 e. The Kier molecular flexibility index (Phi) is 4.73. The van der Waals surface area contributed by atoms with Crippen LogP contribution in [0.1, 0.15) is 35.4 Å². The van der Waals surface area contributed by atoms with E-state index in [1.807, 2.05) is 29.2 Å². The number of amides is 1. The smallest absolute Gasteiger partial charge is 0.289 e. The minimum atomic E-state index is -0.795. The Labute approximate surface area is 153 Å². The molecule has 0 aliphatic carbocycles. The van der Waals surface area contributed by atoms with Gasteiger partial charge in [0, 0.05) is 25.0 Å². The monoisotopic (exact) mass is 357 g/mol. The number of benzene rings is 1. The van der Waals surface area contributed by atoms with E-state index in [2.05, 4.69) is 17.3 Å². The molecular weight excluding hydrogens is 330 g/mol. The molecule has 2 fully saturated rings. The molecule has 1 amide bonds. The molecule has 0 unspecified atom stereocenters. The van der Waals surface area contributed by atoms with Crippen molar-refractivity contribution in [2.45, 2.75) is 24.9 Å². The minimum absolute atomic E-state index is 0.0429. The fraction of sp³-hybridized carbons (Fsp3) is 0.550. The fourth-order valence-corrected chi connectivity index (χ4v) is 3.97. The molecule has 2 saturated heterocycles. The van der Waals surface area contributed by atoms with Gasteiger partial charge in [-0.3, -0.25) is 4.79 Å². The molecule has 2 aliphatic heterocycles. The number of carbonyl (C=O) groups excluding carboxylic acids is 1. The number of rotatable bonds is 2. The summed E-state index contributed by atoms with van der Waals surface area (Å²) in [5.41, 5.74) is 0.806. The number of likely N-dealkylation sites (N-methyl/N-ethyl adjacent to an activating group) is 1. The summed E-state index contributed by atoms with van der Waals surface area (Å²) in [5.74, 6) is 0.345. The van der Waals surface area contributed by atoms with Gasteiger partial charge in [0.15, 0.2) is 5.76 Å². The van der Waals surface area contributed by atoms with Crippen LogP contribution >= 0.6 is 0 Å². The molecule has 2 N–H and O–H groups in total. The molecule has 0 radical (unpaired) electrons. The van der Waals surface area contributed by atoms with Gasteiger partial charge in [0.25, 0.3) is 5.91 Å². The van der Waals surface area contributed by atoms with Crippen LogP contribution in [0.4, 0.5) is 0 Å². The van der Waals surface area contributed by atoms with Crippen molar-refractivity contribution in [3.63, 3.8) is 0 Å². The van der Waals surface area contributed by atoms with Gasteiger partial charge in [-0.1, -0.05) is 6.07 Å². The van der Waals surface area contributed by atoms with Crippen molar-refractivity contribution in [1.82, 2.24) is 15.1 Å². The molecule has 2 aliphatic rings. The molecular formula is C20H27N3O3. The number of piperidine rings is 1. The van der Waals surface area contributed by atoms with Crippen molar-refractivity contribution in [2.24, 2.45) is 0 Å². The number of aliphatic hydroxyl groups is 1. The number of hydrogen-bond donors (Lipinski definition) is 2. The van der Waals surface area contributed by atoms with Crippen molar-refractivity contribution in [3.8, 4) is 0 Å². The maximum absolute atomic E-state index is 12.8. The van der Waals surface area contributed by atoms with E-state index in [1.54, 1.807) is 0 Å². The lowest BCUT2D eigenvalue weighted by molar-refractivity contribution is 0.00605. The van der Waals surface area contributed by atoms with Gasteiger partial charge in [-0.2, -0.15) is 0 Å². The molecule has 1 aromatic heterocycles. The van der Waals surface area contributed by atoms with Crippen LogP contribution in [-0.2, 0) is 5.60 Å². The molecule has 0 spiro atoms. The maximum atomic E-state index is 12.8. The van der Waals surface area contributed by atoms with Gasteiger partial charge in [0.2, 0.25) is 0 Å². The minimum Gasteiger partial charge on any atom is -0.451 e. The molecule has 1 aromatic carbocycles. The van der Waals surface area contributed by atoms with Gasteiger partial charge in [0.05, 0.1) is 5.60 Å². The zero-order valence-electron chi connectivity index (χ0n) is 15.3. The van der Waals surface area contributed by atoms with Crippen molar-refractivity contribution in [2.75, 3.05) is 46.3 Å². The third kappa shape index (κ3) is 3.37. The van der Waals surface area contributed by atoms with E-state index >= 15 is 0 Å². The second-order valence-corrected chi connectivity index (χ2v) is 7.59. The Bertz CT molecular complexity index is 795. The highest BCUT2D eigenvalue weighted by molar-refractivity contribution is 5.96. The molecule has 3 heterocycles. The lowest BCUT2D eigenvalue weighted by Crippen LogP contribution is -2.39. The van der Waals surface area contributed by atoms with Crippen LogP contribution in [0.5, 0.6) is 0 Å². The summed E-state index contributed by atoms with van der Waals surface area (Å²) >= 11 is 0. The van der Waals surface area contributed by atoms with Crippen LogP contribution in [0, 0.1) is 0 Å². The molecule has 0 bridgehead atoms. The highest BCUT2D eigenvalue weighted by Crippen LogP contribution is 2.33. The predicted molar refractivity (Wildman–Crippen MR) is 100 cm³/mol. The van der Waals surface area contributed by atoms with Crippen molar-refractivity contribution in [1.29, 1.82) is 0 Å². The summed E-state index contributed by atoms with van der Waals surface area (Å²) in [6.07, 6.45) is 2.38. The zero-order chi connectivity index (χ0) is 18.1. The second-order valence-electron chi connectivity index (χ2n) is 7.59. The Hall–Kier alpha value is -1.89. The van der Waals surface area contributed by atoms with Crippen molar-refractivity contribution < 1.29 is 14.3 Å². The van der Waals surface area contributed by atoms with Crippen LogP contribution < -0.4 is 5.32 Å². The summed E-state index contributed by atoms with van der Waals surface area (Å²) in [6.45, 7) is 5.01. The van der Waals surface area contributed by atoms with Gasteiger partial charge >= 0.3 is 0 Å². The SMILES string of the molecule is CN1CCCN(C(=O)c2cc3cc(C4(O)CCNCC4)ccc3o2)CC1. The van der Waals surface area contributed by atoms with Crippen LogP contribution in [0.3, 0.4) is 0 Å². The molecule has 4 rings (SSSR count). The van der Waals surface area contributed by atoms with Crippen molar-refractivity contribution >= 4 is 16.9 Å². The Morgan fingerprint density at radius 2 is 1.96 bits per heavy atom. The van der Waals surface area contributed by atoms with Crippen LogP contribution in [0.2, 0.25) is 0 Å². The van der Waals surface area contributed by atoms with Gasteiger partial charge < -0.3 is 24.6 Å². The molecule has 6 nitrogen and oxygen atoms in total. The summed E-state index contributed by atoms with van der Waals surface area (Å²) in [7, 11) is 2.09. The van der Waals surface area contributed by atoms with Crippen LogP contribution in [0.25, 0.3) is 11.0 Å². The topological polar surface area (TPSA) is 69.0 Å². The molecule has 0 atom stereocenters. The van der Waals surface area contributed by atoms with E-state index in [9.17, 15) is 9.90 Å². The average Bonchev–Trinajstić information content (AvgIpc) is 2.96. The number of hydrogen-bond acceptors (Lipinski definition) is 5. The second kappa shape index (κ2) is 7.02. The largest absolute Gasteiger partial charge is 0.451 e. The fourth-order valence-electron chi connectivity index (χ4n) is 3.97. The van der Waals surface area contributed by atoms with Gasteiger partial charge in [-0.15, -0.1) is 0 Å². The number of nitrogens with one attached hydrogen (secondary N) is 1. The Balaban J connectivity index is 1.58. The van der Waals surface area contributed by atoms with Crippen LogP contribution in [-0.4, -0.2) is 67.1 Å². The van der Waals surface area contributed by atoms with Crippen molar-refractivity contribution in [3.05, 3.63) is 35.6 Å². The van der Waals surface area contributed by atoms with E-state index in [4.69, 9.17) is 4.42 Å². The lowest BCUT2D eigenvalue weighted by Gasteiger charge is -2.33. The standard InChI is InChI=1S/C20H27N3O3/c1-22-9-2-10-23(12-11-22)19(24)18-14-15-13-16(3-4-17(15)26-18)20(25)5-7-21-8-6-20/h3-4,13-14,21,25H,2,5-12H2,1H3. The van der Waals surface area contributed by atoms with E-state index in [-0.39, 0.29) is 5.91 Å². The first-order chi connectivity index (χ1) is 12.5. The first-order valence-corrected chi connectivity index (χ1v) is 9.50. The molecule has 2 aromatic rings. The van der Waals surface area contributed by atoms with Gasteiger partial charge in [0.1, 0.15) is 5.58 Å². The van der Waals surface area contributed by atoms with Crippen LogP contribution in [0.15, 0.2) is 28.7 Å². The first-order valence-electron chi connectivity index (χ1n) is 9.50. The highest BCUT2D eigenvalue weighted by Gasteiger charge is 2.31. The Morgan fingerprint density at radius 3 is 2.77 bits per heavy atom.